The largest absolute Gasteiger partial charge is 0.508 e. The van der Waals surface area contributed by atoms with E-state index in [4.69, 9.17) is 0 Å². The second-order valence-corrected chi connectivity index (χ2v) is 7.94. The number of unbranched alkanes of at least 4 members (excludes halogenated alkanes) is 2. The monoisotopic (exact) mass is 332 g/mol. The van der Waals surface area contributed by atoms with Gasteiger partial charge < -0.3 is 15.3 Å². The molecule has 134 valence electrons. The fourth-order valence-corrected chi connectivity index (χ4v) is 4.98. The van der Waals surface area contributed by atoms with Crippen molar-refractivity contribution in [2.45, 2.75) is 76.9 Å². The molecule has 0 bridgehead atoms. The summed E-state index contributed by atoms with van der Waals surface area (Å²) in [5.74, 6) is 1.68. The van der Waals surface area contributed by atoms with Gasteiger partial charge in [0, 0.05) is 0 Å². The number of fused-ring (bicyclic) bond motifs is 2. The highest BCUT2D eigenvalue weighted by Crippen LogP contribution is 2.48. The van der Waals surface area contributed by atoms with Crippen LogP contribution >= 0.6 is 0 Å². The van der Waals surface area contributed by atoms with Crippen LogP contribution in [-0.2, 0) is 12.8 Å². The Morgan fingerprint density at radius 2 is 2.00 bits per heavy atom. The van der Waals surface area contributed by atoms with E-state index < -0.39 is 0 Å². The van der Waals surface area contributed by atoms with Gasteiger partial charge >= 0.3 is 0 Å². The van der Waals surface area contributed by atoms with E-state index in [0.717, 1.165) is 50.5 Å². The van der Waals surface area contributed by atoms with E-state index in [-0.39, 0.29) is 12.2 Å². The van der Waals surface area contributed by atoms with Crippen molar-refractivity contribution in [3.63, 3.8) is 0 Å². The number of benzene rings is 1. The number of hydrogen-bond acceptors (Lipinski definition) is 3. The van der Waals surface area contributed by atoms with Crippen LogP contribution in [0.4, 0.5) is 0 Å². The van der Waals surface area contributed by atoms with Crippen molar-refractivity contribution < 1.29 is 15.3 Å². The summed E-state index contributed by atoms with van der Waals surface area (Å²) < 4.78 is 0. The highest BCUT2D eigenvalue weighted by Gasteiger charge is 2.44. The molecule has 2 aliphatic carbocycles. The van der Waals surface area contributed by atoms with Crippen LogP contribution in [0, 0.1) is 17.8 Å². The van der Waals surface area contributed by atoms with Gasteiger partial charge in [-0.2, -0.15) is 0 Å². The van der Waals surface area contributed by atoms with E-state index in [1.165, 1.54) is 18.4 Å². The lowest BCUT2D eigenvalue weighted by atomic mass is 9.73. The molecule has 5 unspecified atom stereocenters. The number of aliphatic hydroxyl groups is 2. The first-order chi connectivity index (χ1) is 11.6. The third-order valence-corrected chi connectivity index (χ3v) is 6.34. The van der Waals surface area contributed by atoms with E-state index in [0.29, 0.717) is 23.5 Å². The number of aromatic hydroxyl groups is 1. The third-order valence-electron chi connectivity index (χ3n) is 6.34. The SMILES string of the molecule is CCCCCC(O)CCC1C(O)CC2Cc3c(O)cccc3CC21. The van der Waals surface area contributed by atoms with Gasteiger partial charge in [0.25, 0.3) is 0 Å². The molecule has 1 saturated carbocycles. The summed E-state index contributed by atoms with van der Waals surface area (Å²) in [7, 11) is 0. The van der Waals surface area contributed by atoms with Crippen LogP contribution in [0.2, 0.25) is 0 Å². The van der Waals surface area contributed by atoms with Crippen molar-refractivity contribution in [3.8, 4) is 5.75 Å². The molecule has 1 aromatic rings. The second-order valence-electron chi connectivity index (χ2n) is 7.94. The van der Waals surface area contributed by atoms with Crippen molar-refractivity contribution >= 4 is 0 Å². The lowest BCUT2D eigenvalue weighted by Gasteiger charge is -2.32. The van der Waals surface area contributed by atoms with E-state index in [9.17, 15) is 15.3 Å². The van der Waals surface area contributed by atoms with Gasteiger partial charge in [-0.15, -0.1) is 0 Å². The summed E-state index contributed by atoms with van der Waals surface area (Å²) in [5, 5.41) is 30.8. The Bertz CT molecular complexity index is 542. The Kier molecular flexibility index (Phi) is 5.83. The number of phenolic OH excluding ortho intramolecular Hbond substituents is 1. The summed E-state index contributed by atoms with van der Waals surface area (Å²) in [6.07, 6.45) is 8.31. The highest BCUT2D eigenvalue weighted by molar-refractivity contribution is 5.42. The van der Waals surface area contributed by atoms with Gasteiger partial charge in [-0.1, -0.05) is 38.3 Å². The molecule has 0 saturated heterocycles. The standard InChI is InChI=1S/C21H32O3/c1-2-3-4-7-16(22)9-10-17-18-11-14-6-5-8-20(23)19(14)12-15(18)13-21(17)24/h5-6,8,15-18,21-24H,2-4,7,9-13H2,1H3. The lowest BCUT2D eigenvalue weighted by Crippen LogP contribution is -2.27. The van der Waals surface area contributed by atoms with E-state index >= 15 is 0 Å². The molecule has 0 spiro atoms. The molecule has 1 aromatic carbocycles. The van der Waals surface area contributed by atoms with Gasteiger partial charge in [0.15, 0.2) is 0 Å². The minimum Gasteiger partial charge on any atom is -0.508 e. The first-order valence-electron chi connectivity index (χ1n) is 9.76. The second kappa shape index (κ2) is 7.88. The lowest BCUT2D eigenvalue weighted by molar-refractivity contribution is 0.0869. The maximum absolute atomic E-state index is 10.6. The van der Waals surface area contributed by atoms with Gasteiger partial charge in [-0.25, -0.2) is 0 Å². The average Bonchev–Trinajstić information content (AvgIpc) is 2.86. The molecule has 3 N–H and O–H groups in total. The fourth-order valence-electron chi connectivity index (χ4n) is 4.98. The van der Waals surface area contributed by atoms with Crippen LogP contribution in [-0.4, -0.2) is 27.5 Å². The Hall–Kier alpha value is -1.06. The molecule has 0 heterocycles. The molecule has 0 aliphatic heterocycles. The van der Waals surface area contributed by atoms with Crippen molar-refractivity contribution in [3.05, 3.63) is 29.3 Å². The van der Waals surface area contributed by atoms with Gasteiger partial charge in [0.05, 0.1) is 12.2 Å². The van der Waals surface area contributed by atoms with Crippen LogP contribution in [0.15, 0.2) is 18.2 Å². The summed E-state index contributed by atoms with van der Waals surface area (Å²) in [5.41, 5.74) is 2.34. The third kappa shape index (κ3) is 3.78. The number of phenols is 1. The molecular formula is C21H32O3. The Morgan fingerprint density at radius 1 is 1.17 bits per heavy atom. The van der Waals surface area contributed by atoms with Crippen LogP contribution in [0.25, 0.3) is 0 Å². The Morgan fingerprint density at radius 3 is 2.79 bits per heavy atom. The Balaban J connectivity index is 1.59. The van der Waals surface area contributed by atoms with Crippen LogP contribution in [0.1, 0.15) is 63.0 Å². The van der Waals surface area contributed by atoms with Crippen molar-refractivity contribution in [2.75, 3.05) is 0 Å². The zero-order valence-electron chi connectivity index (χ0n) is 14.8. The molecule has 5 atom stereocenters. The molecular weight excluding hydrogens is 300 g/mol. The quantitative estimate of drug-likeness (QED) is 0.665. The Labute approximate surface area is 145 Å². The summed E-state index contributed by atoms with van der Waals surface area (Å²) >= 11 is 0. The average molecular weight is 332 g/mol. The summed E-state index contributed by atoms with van der Waals surface area (Å²) in [6.45, 7) is 2.18. The molecule has 0 amide bonds. The molecule has 3 nitrogen and oxygen atoms in total. The van der Waals surface area contributed by atoms with Crippen molar-refractivity contribution in [1.29, 1.82) is 0 Å². The van der Waals surface area contributed by atoms with Crippen LogP contribution in [0.3, 0.4) is 0 Å². The molecule has 3 rings (SSSR count). The van der Waals surface area contributed by atoms with Gasteiger partial charge in [0.2, 0.25) is 0 Å². The zero-order valence-corrected chi connectivity index (χ0v) is 14.8. The number of rotatable bonds is 7. The van der Waals surface area contributed by atoms with Gasteiger partial charge in [-0.3, -0.25) is 0 Å². The maximum Gasteiger partial charge on any atom is 0.119 e. The molecule has 1 fully saturated rings. The van der Waals surface area contributed by atoms with Crippen LogP contribution in [0.5, 0.6) is 5.75 Å². The van der Waals surface area contributed by atoms with E-state index in [2.05, 4.69) is 13.0 Å². The predicted octanol–water partition coefficient (Wildman–Crippen LogP) is 3.83. The minimum atomic E-state index is -0.251. The number of hydrogen-bond donors (Lipinski definition) is 3. The van der Waals surface area contributed by atoms with Gasteiger partial charge in [0.1, 0.15) is 5.75 Å². The highest BCUT2D eigenvalue weighted by atomic mass is 16.3. The molecule has 0 radical (unpaired) electrons. The first-order valence-corrected chi connectivity index (χ1v) is 9.76. The van der Waals surface area contributed by atoms with Gasteiger partial charge in [-0.05, 0) is 73.5 Å². The predicted molar refractivity (Wildman–Crippen MR) is 96.0 cm³/mol. The normalized spacial score (nSPS) is 30.0. The summed E-state index contributed by atoms with van der Waals surface area (Å²) in [4.78, 5) is 0. The minimum absolute atomic E-state index is 0.220. The maximum atomic E-state index is 10.6. The number of aliphatic hydroxyl groups excluding tert-OH is 2. The van der Waals surface area contributed by atoms with E-state index in [1.807, 2.05) is 6.07 Å². The summed E-state index contributed by atoms with van der Waals surface area (Å²) in [6, 6.07) is 5.81. The molecule has 0 aromatic heterocycles. The smallest absolute Gasteiger partial charge is 0.119 e. The fraction of sp³-hybridized carbons (Fsp3) is 0.714. The molecule has 3 heteroatoms. The van der Waals surface area contributed by atoms with Crippen molar-refractivity contribution in [1.82, 2.24) is 0 Å². The molecule has 24 heavy (non-hydrogen) atoms. The first kappa shape index (κ1) is 17.8. The van der Waals surface area contributed by atoms with Crippen molar-refractivity contribution in [2.24, 2.45) is 17.8 Å². The van der Waals surface area contributed by atoms with E-state index in [1.54, 1.807) is 6.07 Å². The molecule has 2 aliphatic rings. The zero-order chi connectivity index (χ0) is 17.1. The van der Waals surface area contributed by atoms with Crippen LogP contribution < -0.4 is 0 Å². The topological polar surface area (TPSA) is 60.7 Å².